The monoisotopic (exact) mass is 275 g/mol. The fourth-order valence-corrected chi connectivity index (χ4v) is 1.75. The summed E-state index contributed by atoms with van der Waals surface area (Å²) in [6, 6.07) is 4.21. The number of nitro benzene ring substituents is 1. The molecular weight excluding hydrogens is 262 g/mol. The number of benzene rings is 1. The van der Waals surface area contributed by atoms with Crippen LogP contribution in [0, 0.1) is 10.1 Å². The van der Waals surface area contributed by atoms with Gasteiger partial charge in [0.05, 0.1) is 16.6 Å². The van der Waals surface area contributed by atoms with Gasteiger partial charge in [0.1, 0.15) is 5.75 Å². The minimum Gasteiger partial charge on any atom is -0.492 e. The van der Waals surface area contributed by atoms with Gasteiger partial charge < -0.3 is 4.74 Å². The molecule has 0 saturated heterocycles. The lowest BCUT2D eigenvalue weighted by Crippen LogP contribution is -1.98. The van der Waals surface area contributed by atoms with Crippen molar-refractivity contribution in [3.05, 3.63) is 33.3 Å². The SMILES string of the molecule is O=[N+]([O-])c1ccc(OCCCCCS)c(Cl)c1. The standard InChI is InChI=1S/C11H14ClNO3S/c12-10-8-9(13(14)15)4-5-11(10)16-6-2-1-3-7-17/h4-5,8,17H,1-3,6-7H2. The average molecular weight is 276 g/mol. The predicted molar refractivity (Wildman–Crippen MR) is 71.3 cm³/mol. The highest BCUT2D eigenvalue weighted by molar-refractivity contribution is 7.80. The molecule has 0 atom stereocenters. The van der Waals surface area contributed by atoms with E-state index in [0.717, 1.165) is 25.0 Å². The lowest BCUT2D eigenvalue weighted by atomic mass is 10.2. The zero-order valence-electron chi connectivity index (χ0n) is 9.26. The van der Waals surface area contributed by atoms with E-state index in [4.69, 9.17) is 16.3 Å². The van der Waals surface area contributed by atoms with Gasteiger partial charge in [-0.25, -0.2) is 0 Å². The van der Waals surface area contributed by atoms with Crippen LogP contribution in [-0.4, -0.2) is 17.3 Å². The first kappa shape index (κ1) is 14.1. The van der Waals surface area contributed by atoms with Crippen molar-refractivity contribution >= 4 is 29.9 Å². The topological polar surface area (TPSA) is 52.4 Å². The van der Waals surface area contributed by atoms with Crippen LogP contribution in [0.4, 0.5) is 5.69 Å². The number of hydrogen-bond acceptors (Lipinski definition) is 4. The quantitative estimate of drug-likeness (QED) is 0.357. The molecule has 4 nitrogen and oxygen atoms in total. The Morgan fingerprint density at radius 1 is 1.35 bits per heavy atom. The Kier molecular flexibility index (Phi) is 6.15. The fourth-order valence-electron chi connectivity index (χ4n) is 1.29. The summed E-state index contributed by atoms with van der Waals surface area (Å²) in [6.07, 6.45) is 3.03. The van der Waals surface area contributed by atoms with Gasteiger partial charge in [0.2, 0.25) is 0 Å². The lowest BCUT2D eigenvalue weighted by molar-refractivity contribution is -0.384. The summed E-state index contributed by atoms with van der Waals surface area (Å²) >= 11 is 9.99. The zero-order valence-corrected chi connectivity index (χ0v) is 10.9. The molecule has 0 fully saturated rings. The second-order valence-corrected chi connectivity index (χ2v) is 4.36. The maximum absolute atomic E-state index is 10.5. The molecule has 1 aromatic rings. The van der Waals surface area contributed by atoms with E-state index in [-0.39, 0.29) is 10.7 Å². The van der Waals surface area contributed by atoms with Gasteiger partial charge in [0.25, 0.3) is 5.69 Å². The summed E-state index contributed by atoms with van der Waals surface area (Å²) < 4.78 is 5.44. The first-order chi connectivity index (χ1) is 8.15. The molecule has 1 aromatic carbocycles. The average Bonchev–Trinajstić information content (AvgIpc) is 2.30. The number of unbranched alkanes of at least 4 members (excludes halogenated alkanes) is 2. The van der Waals surface area contributed by atoms with Crippen molar-refractivity contribution in [1.82, 2.24) is 0 Å². The third kappa shape index (κ3) is 4.83. The summed E-state index contributed by atoms with van der Waals surface area (Å²) in [7, 11) is 0. The van der Waals surface area contributed by atoms with Gasteiger partial charge in [-0.1, -0.05) is 11.6 Å². The van der Waals surface area contributed by atoms with Crippen LogP contribution in [0.1, 0.15) is 19.3 Å². The van der Waals surface area contributed by atoms with Gasteiger partial charge in [-0.05, 0) is 31.1 Å². The lowest BCUT2D eigenvalue weighted by Gasteiger charge is -2.07. The molecule has 0 heterocycles. The van der Waals surface area contributed by atoms with E-state index in [9.17, 15) is 10.1 Å². The number of nitro groups is 1. The molecule has 0 N–H and O–H groups in total. The maximum Gasteiger partial charge on any atom is 0.271 e. The second kappa shape index (κ2) is 7.40. The molecule has 0 saturated carbocycles. The van der Waals surface area contributed by atoms with Crippen molar-refractivity contribution in [2.45, 2.75) is 19.3 Å². The third-order valence-corrected chi connectivity index (χ3v) is 2.80. The second-order valence-electron chi connectivity index (χ2n) is 3.50. The highest BCUT2D eigenvalue weighted by Gasteiger charge is 2.09. The van der Waals surface area contributed by atoms with E-state index in [2.05, 4.69) is 12.6 Å². The zero-order chi connectivity index (χ0) is 12.7. The van der Waals surface area contributed by atoms with Crippen molar-refractivity contribution in [3.63, 3.8) is 0 Å². The largest absolute Gasteiger partial charge is 0.492 e. The molecule has 6 heteroatoms. The summed E-state index contributed by atoms with van der Waals surface area (Å²) in [4.78, 5) is 10.0. The van der Waals surface area contributed by atoms with Crippen molar-refractivity contribution in [1.29, 1.82) is 0 Å². The Labute approximate surface area is 110 Å². The van der Waals surface area contributed by atoms with Crippen molar-refractivity contribution < 1.29 is 9.66 Å². The first-order valence-electron chi connectivity index (χ1n) is 5.32. The number of non-ortho nitro benzene ring substituents is 1. The van der Waals surface area contributed by atoms with Gasteiger partial charge in [0, 0.05) is 12.1 Å². The van der Waals surface area contributed by atoms with Gasteiger partial charge >= 0.3 is 0 Å². The van der Waals surface area contributed by atoms with Crippen LogP contribution < -0.4 is 4.74 Å². The smallest absolute Gasteiger partial charge is 0.271 e. The maximum atomic E-state index is 10.5. The minimum absolute atomic E-state index is 0.0302. The Bertz CT molecular complexity index is 387. The van der Waals surface area contributed by atoms with E-state index in [1.807, 2.05) is 0 Å². The summed E-state index contributed by atoms with van der Waals surface area (Å²) in [5.41, 5.74) is -0.0302. The van der Waals surface area contributed by atoms with Crippen LogP contribution in [-0.2, 0) is 0 Å². The Balaban J connectivity index is 2.46. The number of halogens is 1. The van der Waals surface area contributed by atoms with E-state index in [0.29, 0.717) is 12.4 Å². The van der Waals surface area contributed by atoms with Crippen LogP contribution in [0.3, 0.4) is 0 Å². The molecule has 0 aliphatic rings. The van der Waals surface area contributed by atoms with Crippen LogP contribution in [0.2, 0.25) is 5.02 Å². The molecular formula is C11H14ClNO3S. The Morgan fingerprint density at radius 2 is 2.12 bits per heavy atom. The molecule has 0 unspecified atom stereocenters. The summed E-state index contributed by atoms with van der Waals surface area (Å²) in [6.45, 7) is 0.561. The molecule has 0 bridgehead atoms. The molecule has 0 spiro atoms. The van der Waals surface area contributed by atoms with Crippen LogP contribution >= 0.6 is 24.2 Å². The van der Waals surface area contributed by atoms with E-state index < -0.39 is 4.92 Å². The third-order valence-electron chi connectivity index (χ3n) is 2.19. The number of nitrogens with zero attached hydrogens (tertiary/aromatic N) is 1. The molecule has 0 amide bonds. The molecule has 94 valence electrons. The Morgan fingerprint density at radius 3 is 2.71 bits per heavy atom. The van der Waals surface area contributed by atoms with Gasteiger partial charge in [-0.3, -0.25) is 10.1 Å². The van der Waals surface area contributed by atoms with Gasteiger partial charge in [0.15, 0.2) is 0 Å². The molecule has 0 aliphatic carbocycles. The minimum atomic E-state index is -0.484. The Hall–Kier alpha value is -0.940. The summed E-state index contributed by atoms with van der Waals surface area (Å²) in [5, 5.41) is 10.8. The molecule has 0 aromatic heterocycles. The number of rotatable bonds is 7. The number of hydrogen-bond donors (Lipinski definition) is 1. The van der Waals surface area contributed by atoms with Crippen molar-refractivity contribution in [2.24, 2.45) is 0 Å². The van der Waals surface area contributed by atoms with Crippen LogP contribution in [0.5, 0.6) is 5.75 Å². The number of ether oxygens (including phenoxy) is 1. The van der Waals surface area contributed by atoms with Crippen LogP contribution in [0.25, 0.3) is 0 Å². The highest BCUT2D eigenvalue weighted by atomic mass is 35.5. The number of thiol groups is 1. The normalized spacial score (nSPS) is 10.2. The summed E-state index contributed by atoms with van der Waals surface area (Å²) in [5.74, 6) is 1.36. The molecule has 17 heavy (non-hydrogen) atoms. The fraction of sp³-hybridized carbons (Fsp3) is 0.455. The molecule has 0 aliphatic heterocycles. The molecule has 1 rings (SSSR count). The van der Waals surface area contributed by atoms with E-state index in [1.165, 1.54) is 18.2 Å². The van der Waals surface area contributed by atoms with E-state index in [1.54, 1.807) is 0 Å². The highest BCUT2D eigenvalue weighted by Crippen LogP contribution is 2.28. The molecule has 0 radical (unpaired) electrons. The predicted octanol–water partition coefficient (Wildman–Crippen LogP) is 3.73. The van der Waals surface area contributed by atoms with Crippen molar-refractivity contribution in [2.75, 3.05) is 12.4 Å². The van der Waals surface area contributed by atoms with E-state index >= 15 is 0 Å². The first-order valence-corrected chi connectivity index (χ1v) is 6.34. The van der Waals surface area contributed by atoms with Crippen molar-refractivity contribution in [3.8, 4) is 5.75 Å². The van der Waals surface area contributed by atoms with Gasteiger partial charge in [-0.2, -0.15) is 12.6 Å². The van der Waals surface area contributed by atoms with Gasteiger partial charge in [-0.15, -0.1) is 0 Å². The van der Waals surface area contributed by atoms with Crippen LogP contribution in [0.15, 0.2) is 18.2 Å².